The first-order chi connectivity index (χ1) is 13.4. The number of benzene rings is 1. The molecule has 8 heteroatoms. The van der Waals surface area contributed by atoms with Crippen molar-refractivity contribution in [1.82, 2.24) is 14.9 Å². The van der Waals surface area contributed by atoms with Crippen molar-refractivity contribution in [3.8, 4) is 0 Å². The van der Waals surface area contributed by atoms with Crippen molar-refractivity contribution in [2.45, 2.75) is 32.0 Å². The van der Waals surface area contributed by atoms with Gasteiger partial charge in [-0.3, -0.25) is 14.5 Å². The zero-order valence-corrected chi connectivity index (χ0v) is 17.3. The summed E-state index contributed by atoms with van der Waals surface area (Å²) in [5, 5.41) is 3.39. The Kier molecular flexibility index (Phi) is 6.88. The Labute approximate surface area is 168 Å². The van der Waals surface area contributed by atoms with Crippen LogP contribution in [0, 0.1) is 13.8 Å². The molecule has 0 unspecified atom stereocenters. The van der Waals surface area contributed by atoms with Gasteiger partial charge in [0.25, 0.3) is 5.56 Å². The number of aromatic amines is 1. The number of carbonyl (C=O) groups excluding carboxylic acids is 1. The molecule has 3 rings (SSSR count). The van der Waals surface area contributed by atoms with Crippen molar-refractivity contribution in [3.05, 3.63) is 50.9 Å². The lowest BCUT2D eigenvalue weighted by atomic mass is 10.1. The van der Waals surface area contributed by atoms with E-state index in [0.717, 1.165) is 42.0 Å². The average molecular weight is 403 g/mol. The summed E-state index contributed by atoms with van der Waals surface area (Å²) in [7, 11) is 1.67. The summed E-state index contributed by atoms with van der Waals surface area (Å²) in [6.45, 7) is 6.86. The fraction of sp³-hybridized carbons (Fsp3) is 0.450. The zero-order chi connectivity index (χ0) is 20.1. The third kappa shape index (κ3) is 5.43. The number of thioether (sulfide) groups is 1. The Balaban J connectivity index is 1.60. The van der Waals surface area contributed by atoms with Crippen LogP contribution in [0.3, 0.4) is 0 Å². The Hall–Kier alpha value is -2.16. The summed E-state index contributed by atoms with van der Waals surface area (Å²) in [6, 6.07) is 5.93. The second-order valence-electron chi connectivity index (χ2n) is 7.03. The van der Waals surface area contributed by atoms with Crippen LogP contribution in [0.15, 0.2) is 28.2 Å². The Morgan fingerprint density at radius 2 is 2.07 bits per heavy atom. The van der Waals surface area contributed by atoms with Crippen LogP contribution < -0.4 is 10.9 Å². The number of aromatic nitrogens is 2. The van der Waals surface area contributed by atoms with E-state index in [1.807, 2.05) is 26.0 Å². The largest absolute Gasteiger partial charge is 0.383 e. The molecule has 7 nitrogen and oxygen atoms in total. The number of H-pyrrole nitrogens is 1. The van der Waals surface area contributed by atoms with E-state index in [1.54, 1.807) is 7.11 Å². The number of carbonyl (C=O) groups is 1. The Morgan fingerprint density at radius 1 is 1.32 bits per heavy atom. The fourth-order valence-electron chi connectivity index (χ4n) is 3.32. The van der Waals surface area contributed by atoms with Gasteiger partial charge in [-0.15, -0.1) is 0 Å². The normalized spacial score (nSPS) is 14.0. The lowest BCUT2D eigenvalue weighted by Crippen LogP contribution is -2.37. The van der Waals surface area contributed by atoms with Crippen molar-refractivity contribution in [1.29, 1.82) is 0 Å². The topological polar surface area (TPSA) is 87.3 Å². The minimum absolute atomic E-state index is 0.121. The van der Waals surface area contributed by atoms with Gasteiger partial charge in [0.2, 0.25) is 5.91 Å². The van der Waals surface area contributed by atoms with Gasteiger partial charge in [0.1, 0.15) is 0 Å². The molecule has 0 aliphatic carbocycles. The highest BCUT2D eigenvalue weighted by Crippen LogP contribution is 2.19. The molecule has 28 heavy (non-hydrogen) atoms. The second kappa shape index (κ2) is 9.36. The molecule has 1 aliphatic heterocycles. The van der Waals surface area contributed by atoms with Crippen LogP contribution >= 0.6 is 11.8 Å². The standard InChI is InChI=1S/C20H26N4O3S/c1-13-8-14(2)10-15(9-13)21-18(25)12-28-20-22-17-4-5-24(6-7-27-3)11-16(17)19(26)23-20/h8-10H,4-7,11-12H2,1-3H3,(H,21,25)(H,22,23,26). The molecular weight excluding hydrogens is 376 g/mol. The fourth-order valence-corrected chi connectivity index (χ4v) is 4.00. The number of ether oxygens (including phenoxy) is 1. The van der Waals surface area contributed by atoms with Gasteiger partial charge in [-0.1, -0.05) is 17.8 Å². The minimum Gasteiger partial charge on any atom is -0.383 e. The first-order valence-corrected chi connectivity index (χ1v) is 10.3. The van der Waals surface area contributed by atoms with Gasteiger partial charge < -0.3 is 15.0 Å². The SMILES string of the molecule is COCCN1CCc2nc(SCC(=O)Nc3cc(C)cc(C)c3)[nH]c(=O)c2C1. The van der Waals surface area contributed by atoms with E-state index in [1.165, 1.54) is 11.8 Å². The smallest absolute Gasteiger partial charge is 0.256 e. The number of nitrogens with zero attached hydrogens (tertiary/aromatic N) is 2. The highest BCUT2D eigenvalue weighted by Gasteiger charge is 2.21. The van der Waals surface area contributed by atoms with Crippen LogP contribution in [0.5, 0.6) is 0 Å². The summed E-state index contributed by atoms with van der Waals surface area (Å²) in [6.07, 6.45) is 0.727. The van der Waals surface area contributed by atoms with E-state index in [0.29, 0.717) is 23.9 Å². The second-order valence-corrected chi connectivity index (χ2v) is 7.99. The summed E-state index contributed by atoms with van der Waals surface area (Å²) < 4.78 is 5.11. The van der Waals surface area contributed by atoms with Crippen LogP contribution in [0.25, 0.3) is 0 Å². The molecule has 2 aromatic rings. The maximum atomic E-state index is 12.4. The number of amides is 1. The predicted octanol–water partition coefficient (Wildman–Crippen LogP) is 2.12. The number of anilines is 1. The molecule has 150 valence electrons. The molecule has 2 heterocycles. The van der Waals surface area contributed by atoms with Gasteiger partial charge in [-0.05, 0) is 37.1 Å². The third-order valence-corrected chi connectivity index (χ3v) is 5.46. The van der Waals surface area contributed by atoms with E-state index in [2.05, 4.69) is 26.3 Å². The first kappa shape index (κ1) is 20.6. The molecule has 0 radical (unpaired) electrons. The third-order valence-electron chi connectivity index (χ3n) is 4.58. The molecule has 0 atom stereocenters. The maximum absolute atomic E-state index is 12.4. The monoisotopic (exact) mass is 402 g/mol. The summed E-state index contributed by atoms with van der Waals surface area (Å²) in [4.78, 5) is 34.3. The van der Waals surface area contributed by atoms with Gasteiger partial charge in [0, 0.05) is 38.9 Å². The average Bonchev–Trinajstić information content (AvgIpc) is 2.64. The number of methoxy groups -OCH3 is 1. The molecule has 0 bridgehead atoms. The van der Waals surface area contributed by atoms with E-state index in [9.17, 15) is 9.59 Å². The van der Waals surface area contributed by atoms with Gasteiger partial charge >= 0.3 is 0 Å². The molecule has 2 N–H and O–H groups in total. The molecule has 0 saturated carbocycles. The number of hydrogen-bond acceptors (Lipinski definition) is 6. The lowest BCUT2D eigenvalue weighted by molar-refractivity contribution is -0.113. The summed E-state index contributed by atoms with van der Waals surface area (Å²) in [5.74, 6) is 0.0652. The van der Waals surface area contributed by atoms with Gasteiger partial charge in [0.05, 0.1) is 23.6 Å². The minimum atomic E-state index is -0.124. The Bertz CT molecular complexity index is 893. The molecule has 1 aliphatic rings. The van der Waals surface area contributed by atoms with Crippen LogP contribution in [-0.4, -0.2) is 53.3 Å². The molecule has 1 aromatic heterocycles. The lowest BCUT2D eigenvalue weighted by Gasteiger charge is -2.27. The van der Waals surface area contributed by atoms with E-state index in [-0.39, 0.29) is 17.2 Å². The molecule has 1 aromatic carbocycles. The van der Waals surface area contributed by atoms with Crippen molar-refractivity contribution in [3.63, 3.8) is 0 Å². The van der Waals surface area contributed by atoms with Crippen LogP contribution in [0.1, 0.15) is 22.4 Å². The van der Waals surface area contributed by atoms with Crippen LogP contribution in [-0.2, 0) is 22.5 Å². The number of aryl methyl sites for hydroxylation is 2. The molecule has 0 fully saturated rings. The molecular formula is C20H26N4O3S. The van der Waals surface area contributed by atoms with Crippen LogP contribution in [0.2, 0.25) is 0 Å². The van der Waals surface area contributed by atoms with Crippen molar-refractivity contribution < 1.29 is 9.53 Å². The highest BCUT2D eigenvalue weighted by molar-refractivity contribution is 7.99. The van der Waals surface area contributed by atoms with Gasteiger partial charge in [0.15, 0.2) is 5.16 Å². The van der Waals surface area contributed by atoms with Crippen molar-refractivity contribution in [2.24, 2.45) is 0 Å². The first-order valence-electron chi connectivity index (χ1n) is 9.29. The van der Waals surface area contributed by atoms with Gasteiger partial charge in [-0.2, -0.15) is 0 Å². The number of nitrogens with one attached hydrogen (secondary N) is 2. The van der Waals surface area contributed by atoms with Crippen molar-refractivity contribution >= 4 is 23.4 Å². The Morgan fingerprint density at radius 3 is 2.79 bits per heavy atom. The predicted molar refractivity (Wildman–Crippen MR) is 111 cm³/mol. The maximum Gasteiger partial charge on any atom is 0.256 e. The van der Waals surface area contributed by atoms with E-state index in [4.69, 9.17) is 4.74 Å². The van der Waals surface area contributed by atoms with Crippen LogP contribution in [0.4, 0.5) is 5.69 Å². The van der Waals surface area contributed by atoms with Crippen molar-refractivity contribution in [2.75, 3.05) is 37.9 Å². The molecule has 1 amide bonds. The summed E-state index contributed by atoms with van der Waals surface area (Å²) >= 11 is 1.25. The van der Waals surface area contributed by atoms with Gasteiger partial charge in [-0.25, -0.2) is 4.98 Å². The van der Waals surface area contributed by atoms with E-state index < -0.39 is 0 Å². The molecule has 0 saturated heterocycles. The number of fused-ring (bicyclic) bond motifs is 1. The number of hydrogen-bond donors (Lipinski definition) is 2. The highest BCUT2D eigenvalue weighted by atomic mass is 32.2. The summed E-state index contributed by atoms with van der Waals surface area (Å²) in [5.41, 5.74) is 4.41. The molecule has 0 spiro atoms. The quantitative estimate of drug-likeness (QED) is 0.545. The van der Waals surface area contributed by atoms with E-state index >= 15 is 0 Å². The zero-order valence-electron chi connectivity index (χ0n) is 16.5. The number of rotatable bonds is 7.